The van der Waals surface area contributed by atoms with Gasteiger partial charge in [0.1, 0.15) is 5.56 Å². The van der Waals surface area contributed by atoms with Crippen LogP contribution in [0.2, 0.25) is 0 Å². The highest BCUT2D eigenvalue weighted by Gasteiger charge is 2.28. The molecule has 7 heteroatoms. The van der Waals surface area contributed by atoms with Gasteiger partial charge in [-0.15, -0.1) is 0 Å². The maximum Gasteiger partial charge on any atom is 0.263 e. The summed E-state index contributed by atoms with van der Waals surface area (Å²) in [5, 5.41) is 9.68. The molecule has 150 valence electrons. The molecule has 2 aromatic rings. The molecule has 1 amide bonds. The number of β-amino-alcohol motifs (C(OH)–C–C–N with tert-alkyl or cyclic N) is 1. The number of aromatic nitrogens is 1. The second-order valence-corrected chi connectivity index (χ2v) is 7.01. The predicted octanol–water partition coefficient (Wildman–Crippen LogP) is 1.62. The van der Waals surface area contributed by atoms with Gasteiger partial charge in [0.15, 0.2) is 11.5 Å². The lowest BCUT2D eigenvalue weighted by Gasteiger charge is -2.17. The molecule has 2 heterocycles. The Labute approximate surface area is 164 Å². The summed E-state index contributed by atoms with van der Waals surface area (Å²) in [7, 11) is 3.17. The van der Waals surface area contributed by atoms with Gasteiger partial charge in [0, 0.05) is 25.8 Å². The van der Waals surface area contributed by atoms with Crippen molar-refractivity contribution in [3.05, 3.63) is 57.5 Å². The summed E-state index contributed by atoms with van der Waals surface area (Å²) < 4.78 is 12.1. The van der Waals surface area contributed by atoms with Gasteiger partial charge in [-0.3, -0.25) is 9.59 Å². The van der Waals surface area contributed by atoms with E-state index in [-0.39, 0.29) is 23.6 Å². The molecule has 0 saturated carbocycles. The standard InChI is InChI=1S/C21H26N2O5/c1-14-6-9-22(10-7-15-4-5-17(27-2)18(12-15)28-3)20(25)19(14)21(26)23-11-8-16(24)13-23/h4-6,9,12,16,24H,7-8,10-11,13H2,1-3H3/t16-/m1/s1. The molecule has 1 aliphatic heterocycles. The van der Waals surface area contributed by atoms with E-state index in [4.69, 9.17) is 9.47 Å². The van der Waals surface area contributed by atoms with Crippen LogP contribution >= 0.6 is 0 Å². The molecule has 0 radical (unpaired) electrons. The first-order valence-electron chi connectivity index (χ1n) is 9.33. The van der Waals surface area contributed by atoms with Crippen LogP contribution in [0.25, 0.3) is 0 Å². The Balaban J connectivity index is 1.80. The lowest BCUT2D eigenvalue weighted by atomic mass is 10.1. The van der Waals surface area contributed by atoms with E-state index in [1.807, 2.05) is 18.2 Å². The average molecular weight is 386 g/mol. The number of aliphatic hydroxyl groups excluding tert-OH is 1. The number of nitrogens with zero attached hydrogens (tertiary/aromatic N) is 2. The van der Waals surface area contributed by atoms with Crippen LogP contribution < -0.4 is 15.0 Å². The fourth-order valence-electron chi connectivity index (χ4n) is 3.47. The minimum absolute atomic E-state index is 0.184. The van der Waals surface area contributed by atoms with E-state index in [1.54, 1.807) is 42.9 Å². The molecule has 1 aromatic heterocycles. The monoisotopic (exact) mass is 386 g/mol. The number of carbonyl (C=O) groups is 1. The number of likely N-dealkylation sites (tertiary alicyclic amines) is 1. The van der Waals surface area contributed by atoms with E-state index in [9.17, 15) is 14.7 Å². The fourth-order valence-corrected chi connectivity index (χ4v) is 3.47. The van der Waals surface area contributed by atoms with Crippen LogP contribution in [0.5, 0.6) is 11.5 Å². The zero-order valence-electron chi connectivity index (χ0n) is 16.5. The van der Waals surface area contributed by atoms with Crippen molar-refractivity contribution in [2.45, 2.75) is 32.4 Å². The molecule has 1 aromatic carbocycles. The zero-order chi connectivity index (χ0) is 20.3. The summed E-state index contributed by atoms with van der Waals surface area (Å²) in [5.74, 6) is 0.985. The number of amides is 1. The lowest BCUT2D eigenvalue weighted by molar-refractivity contribution is 0.0761. The van der Waals surface area contributed by atoms with Crippen molar-refractivity contribution in [3.8, 4) is 11.5 Å². The van der Waals surface area contributed by atoms with Crippen molar-refractivity contribution in [1.82, 2.24) is 9.47 Å². The quantitative estimate of drug-likeness (QED) is 0.816. The van der Waals surface area contributed by atoms with Crippen molar-refractivity contribution in [2.75, 3.05) is 27.3 Å². The molecule has 1 atom stereocenters. The molecular weight excluding hydrogens is 360 g/mol. The van der Waals surface area contributed by atoms with Crippen LogP contribution in [0.3, 0.4) is 0 Å². The molecule has 1 saturated heterocycles. The SMILES string of the molecule is COc1ccc(CCn2ccc(C)c(C(=O)N3CC[C@@H](O)C3)c2=O)cc1OC. The smallest absolute Gasteiger partial charge is 0.263 e. The highest BCUT2D eigenvalue weighted by Crippen LogP contribution is 2.27. The number of ether oxygens (including phenoxy) is 2. The molecule has 1 fully saturated rings. The van der Waals surface area contributed by atoms with E-state index in [2.05, 4.69) is 0 Å². The normalized spacial score (nSPS) is 16.3. The van der Waals surface area contributed by atoms with Crippen LogP contribution in [-0.2, 0) is 13.0 Å². The minimum atomic E-state index is -0.514. The second kappa shape index (κ2) is 8.48. The molecule has 1 aliphatic rings. The maximum absolute atomic E-state index is 12.9. The van der Waals surface area contributed by atoms with Gasteiger partial charge in [0.25, 0.3) is 11.5 Å². The van der Waals surface area contributed by atoms with E-state index >= 15 is 0 Å². The topological polar surface area (TPSA) is 81.0 Å². The van der Waals surface area contributed by atoms with Gasteiger partial charge in [0.2, 0.25) is 0 Å². The summed E-state index contributed by atoms with van der Waals surface area (Å²) >= 11 is 0. The Morgan fingerprint density at radius 1 is 1.21 bits per heavy atom. The average Bonchev–Trinajstić information content (AvgIpc) is 3.13. The number of aryl methyl sites for hydroxylation is 3. The largest absolute Gasteiger partial charge is 0.493 e. The van der Waals surface area contributed by atoms with Gasteiger partial charge in [-0.05, 0) is 49.1 Å². The molecule has 7 nitrogen and oxygen atoms in total. The van der Waals surface area contributed by atoms with Crippen molar-refractivity contribution in [3.63, 3.8) is 0 Å². The lowest BCUT2D eigenvalue weighted by Crippen LogP contribution is -2.36. The third kappa shape index (κ3) is 4.04. The van der Waals surface area contributed by atoms with E-state index < -0.39 is 6.10 Å². The molecule has 0 spiro atoms. The van der Waals surface area contributed by atoms with Gasteiger partial charge >= 0.3 is 0 Å². The summed E-state index contributed by atoms with van der Waals surface area (Å²) in [5.41, 5.74) is 1.54. The first kappa shape index (κ1) is 19.9. The number of pyridine rings is 1. The van der Waals surface area contributed by atoms with Crippen molar-refractivity contribution >= 4 is 5.91 Å². The Kier molecular flexibility index (Phi) is 6.04. The number of hydrogen-bond acceptors (Lipinski definition) is 5. The van der Waals surface area contributed by atoms with E-state index in [0.717, 1.165) is 5.56 Å². The maximum atomic E-state index is 12.9. The van der Waals surface area contributed by atoms with Gasteiger partial charge in [-0.25, -0.2) is 0 Å². The van der Waals surface area contributed by atoms with E-state index in [1.165, 1.54) is 0 Å². The molecule has 0 unspecified atom stereocenters. The van der Waals surface area contributed by atoms with Crippen LogP contribution in [0.4, 0.5) is 0 Å². The Morgan fingerprint density at radius 2 is 1.96 bits per heavy atom. The third-order valence-electron chi connectivity index (χ3n) is 5.13. The van der Waals surface area contributed by atoms with Crippen molar-refractivity contribution in [2.24, 2.45) is 0 Å². The van der Waals surface area contributed by atoms with Gasteiger partial charge < -0.3 is 24.0 Å². The Bertz CT molecular complexity index is 921. The number of carbonyl (C=O) groups excluding carboxylic acids is 1. The van der Waals surface area contributed by atoms with Crippen LogP contribution in [0, 0.1) is 6.92 Å². The molecule has 3 rings (SSSR count). The molecule has 0 bridgehead atoms. The number of aliphatic hydroxyl groups is 1. The first-order valence-corrected chi connectivity index (χ1v) is 9.33. The number of benzene rings is 1. The van der Waals surface area contributed by atoms with Gasteiger partial charge in [0.05, 0.1) is 20.3 Å². The Hall–Kier alpha value is -2.80. The zero-order valence-corrected chi connectivity index (χ0v) is 16.5. The van der Waals surface area contributed by atoms with E-state index in [0.29, 0.717) is 43.0 Å². The number of rotatable bonds is 6. The number of hydrogen-bond donors (Lipinski definition) is 1. The van der Waals surface area contributed by atoms with Gasteiger partial charge in [-0.1, -0.05) is 6.07 Å². The third-order valence-corrected chi connectivity index (χ3v) is 5.13. The minimum Gasteiger partial charge on any atom is -0.493 e. The first-order chi connectivity index (χ1) is 13.4. The molecule has 0 aliphatic carbocycles. The number of methoxy groups -OCH3 is 2. The highest BCUT2D eigenvalue weighted by molar-refractivity contribution is 5.95. The fraction of sp³-hybridized carbons (Fsp3) is 0.429. The van der Waals surface area contributed by atoms with Crippen LogP contribution in [-0.4, -0.2) is 53.9 Å². The summed E-state index contributed by atoms with van der Waals surface area (Å²) in [6.07, 6.45) is 2.36. The summed E-state index contributed by atoms with van der Waals surface area (Å²) in [4.78, 5) is 27.3. The van der Waals surface area contributed by atoms with Crippen molar-refractivity contribution in [1.29, 1.82) is 0 Å². The molecule has 28 heavy (non-hydrogen) atoms. The summed E-state index contributed by atoms with van der Waals surface area (Å²) in [6, 6.07) is 7.43. The van der Waals surface area contributed by atoms with Gasteiger partial charge in [-0.2, -0.15) is 0 Å². The summed E-state index contributed by atoms with van der Waals surface area (Å²) in [6.45, 7) is 2.95. The second-order valence-electron chi connectivity index (χ2n) is 7.01. The molecular formula is C21H26N2O5. The molecule has 1 N–H and O–H groups in total. The van der Waals surface area contributed by atoms with Crippen LogP contribution in [0.15, 0.2) is 35.3 Å². The predicted molar refractivity (Wildman–Crippen MR) is 105 cm³/mol. The van der Waals surface area contributed by atoms with Crippen molar-refractivity contribution < 1.29 is 19.4 Å². The van der Waals surface area contributed by atoms with Crippen LogP contribution in [0.1, 0.15) is 27.9 Å². The Morgan fingerprint density at radius 3 is 2.61 bits per heavy atom. The highest BCUT2D eigenvalue weighted by atomic mass is 16.5.